The lowest BCUT2D eigenvalue weighted by Crippen LogP contribution is -2.02. The quantitative estimate of drug-likeness (QED) is 0.842. The first kappa shape index (κ1) is 13.5. The Morgan fingerprint density at radius 2 is 1.84 bits per heavy atom. The van der Waals surface area contributed by atoms with E-state index < -0.39 is 0 Å². The van der Waals surface area contributed by atoms with Crippen molar-refractivity contribution in [1.82, 2.24) is 15.0 Å². The molecule has 2 rings (SSSR count). The summed E-state index contributed by atoms with van der Waals surface area (Å²) in [6.45, 7) is 2.55. The number of hydrogen-bond acceptors (Lipinski definition) is 5. The Balaban J connectivity index is 2.29. The van der Waals surface area contributed by atoms with Crippen LogP contribution in [0.25, 0.3) is 11.4 Å². The lowest BCUT2D eigenvalue weighted by Gasteiger charge is -2.06. The van der Waals surface area contributed by atoms with Crippen molar-refractivity contribution in [3.05, 3.63) is 29.5 Å². The van der Waals surface area contributed by atoms with Crippen molar-refractivity contribution in [1.29, 1.82) is 0 Å². The van der Waals surface area contributed by atoms with Gasteiger partial charge < -0.3 is 9.47 Å². The minimum absolute atomic E-state index is 0.118. The molecule has 0 atom stereocenters. The molecular formula is C13H14ClN3O2. The fraction of sp³-hybridized carbons (Fsp3) is 0.308. The zero-order chi connectivity index (χ0) is 13.7. The average Bonchev–Trinajstić information content (AvgIpc) is 2.44. The molecule has 0 saturated heterocycles. The maximum absolute atomic E-state index is 5.87. The Morgan fingerprint density at radius 1 is 1.11 bits per heavy atom. The molecule has 1 aromatic heterocycles. The van der Waals surface area contributed by atoms with Crippen molar-refractivity contribution in [3.63, 3.8) is 0 Å². The van der Waals surface area contributed by atoms with Crippen LogP contribution in [0, 0.1) is 0 Å². The van der Waals surface area contributed by atoms with E-state index in [1.54, 1.807) is 7.11 Å². The minimum Gasteiger partial charge on any atom is -0.497 e. The van der Waals surface area contributed by atoms with E-state index in [9.17, 15) is 0 Å². The van der Waals surface area contributed by atoms with Crippen LogP contribution < -0.4 is 9.47 Å². The molecule has 0 N–H and O–H groups in total. The summed E-state index contributed by atoms with van der Waals surface area (Å²) in [5.74, 6) is 1.25. The number of ether oxygens (including phenoxy) is 2. The number of methoxy groups -OCH3 is 1. The third-order valence-electron chi connectivity index (χ3n) is 2.37. The maximum Gasteiger partial charge on any atom is 0.321 e. The first-order chi connectivity index (χ1) is 9.22. The van der Waals surface area contributed by atoms with Crippen LogP contribution in [0.3, 0.4) is 0 Å². The summed E-state index contributed by atoms with van der Waals surface area (Å²) in [7, 11) is 1.62. The molecule has 0 spiro atoms. The van der Waals surface area contributed by atoms with Crippen LogP contribution in [0.15, 0.2) is 24.3 Å². The van der Waals surface area contributed by atoms with E-state index >= 15 is 0 Å². The highest BCUT2D eigenvalue weighted by Crippen LogP contribution is 2.21. The number of hydrogen-bond donors (Lipinski definition) is 0. The van der Waals surface area contributed by atoms with Gasteiger partial charge in [-0.1, -0.05) is 6.92 Å². The van der Waals surface area contributed by atoms with E-state index in [0.29, 0.717) is 12.4 Å². The number of halogens is 1. The van der Waals surface area contributed by atoms with Crippen LogP contribution in [0.5, 0.6) is 11.8 Å². The number of nitrogens with zero attached hydrogens (tertiary/aromatic N) is 3. The van der Waals surface area contributed by atoms with Crippen LogP contribution >= 0.6 is 11.6 Å². The number of rotatable bonds is 5. The summed E-state index contributed by atoms with van der Waals surface area (Å²) in [6.07, 6.45) is 0.876. The van der Waals surface area contributed by atoms with Gasteiger partial charge in [-0.15, -0.1) is 0 Å². The van der Waals surface area contributed by atoms with Crippen molar-refractivity contribution in [2.24, 2.45) is 0 Å². The zero-order valence-electron chi connectivity index (χ0n) is 10.8. The largest absolute Gasteiger partial charge is 0.497 e. The van der Waals surface area contributed by atoms with Crippen molar-refractivity contribution in [2.45, 2.75) is 13.3 Å². The Morgan fingerprint density at radius 3 is 2.47 bits per heavy atom. The molecule has 0 bridgehead atoms. The third kappa shape index (κ3) is 3.54. The van der Waals surface area contributed by atoms with Gasteiger partial charge >= 0.3 is 6.01 Å². The van der Waals surface area contributed by atoms with Crippen LogP contribution in [-0.2, 0) is 0 Å². The highest BCUT2D eigenvalue weighted by molar-refractivity contribution is 6.28. The van der Waals surface area contributed by atoms with Gasteiger partial charge in [0.1, 0.15) is 5.75 Å². The first-order valence-corrected chi connectivity index (χ1v) is 6.29. The predicted octanol–water partition coefficient (Wildman–Crippen LogP) is 2.99. The zero-order valence-corrected chi connectivity index (χ0v) is 11.5. The summed E-state index contributed by atoms with van der Waals surface area (Å²) >= 11 is 5.87. The van der Waals surface area contributed by atoms with Gasteiger partial charge in [-0.25, -0.2) is 0 Å². The molecule has 1 heterocycles. The lowest BCUT2D eigenvalue weighted by atomic mass is 10.2. The predicted molar refractivity (Wildman–Crippen MR) is 72.6 cm³/mol. The fourth-order valence-corrected chi connectivity index (χ4v) is 1.61. The van der Waals surface area contributed by atoms with E-state index in [2.05, 4.69) is 15.0 Å². The minimum atomic E-state index is 0.118. The van der Waals surface area contributed by atoms with E-state index in [-0.39, 0.29) is 11.3 Å². The average molecular weight is 280 g/mol. The standard InChI is InChI=1S/C13H14ClN3O2/c1-3-8-19-13-16-11(15-12(14)17-13)9-4-6-10(18-2)7-5-9/h4-7H,3,8H2,1-2H3. The van der Waals surface area contributed by atoms with Gasteiger partial charge in [0.05, 0.1) is 13.7 Å². The van der Waals surface area contributed by atoms with Crippen molar-refractivity contribution < 1.29 is 9.47 Å². The highest BCUT2D eigenvalue weighted by atomic mass is 35.5. The molecular weight excluding hydrogens is 266 g/mol. The maximum atomic E-state index is 5.87. The Hall–Kier alpha value is -1.88. The normalized spacial score (nSPS) is 10.3. The Labute approximate surface area is 116 Å². The van der Waals surface area contributed by atoms with Gasteiger partial charge in [0, 0.05) is 5.56 Å². The van der Waals surface area contributed by atoms with Crippen molar-refractivity contribution in [3.8, 4) is 23.1 Å². The SMILES string of the molecule is CCCOc1nc(Cl)nc(-c2ccc(OC)cc2)n1. The second-order valence-electron chi connectivity index (χ2n) is 3.79. The van der Waals surface area contributed by atoms with E-state index in [1.165, 1.54) is 0 Å². The number of aromatic nitrogens is 3. The molecule has 0 unspecified atom stereocenters. The summed E-state index contributed by atoms with van der Waals surface area (Å²) in [5, 5.41) is 0.118. The van der Waals surface area contributed by atoms with Gasteiger partial charge in [-0.05, 0) is 42.3 Å². The smallest absolute Gasteiger partial charge is 0.321 e. The molecule has 0 aliphatic heterocycles. The van der Waals surface area contributed by atoms with Gasteiger partial charge in [0.25, 0.3) is 0 Å². The summed E-state index contributed by atoms with van der Waals surface area (Å²) < 4.78 is 10.5. The molecule has 5 nitrogen and oxygen atoms in total. The molecule has 19 heavy (non-hydrogen) atoms. The van der Waals surface area contributed by atoms with E-state index in [4.69, 9.17) is 21.1 Å². The molecule has 2 aromatic rings. The Bertz CT molecular complexity index is 546. The molecule has 0 radical (unpaired) electrons. The Kier molecular flexibility index (Phi) is 4.52. The third-order valence-corrected chi connectivity index (χ3v) is 2.54. The van der Waals surface area contributed by atoms with Crippen LogP contribution in [0.2, 0.25) is 5.28 Å². The highest BCUT2D eigenvalue weighted by Gasteiger charge is 2.08. The van der Waals surface area contributed by atoms with Gasteiger partial charge in [0.15, 0.2) is 5.82 Å². The van der Waals surface area contributed by atoms with E-state index in [1.807, 2.05) is 31.2 Å². The first-order valence-electron chi connectivity index (χ1n) is 5.91. The van der Waals surface area contributed by atoms with Gasteiger partial charge in [0.2, 0.25) is 5.28 Å². The summed E-state index contributed by atoms with van der Waals surface area (Å²) in [6, 6.07) is 7.62. The molecule has 100 valence electrons. The molecule has 0 saturated carbocycles. The lowest BCUT2D eigenvalue weighted by molar-refractivity contribution is 0.291. The van der Waals surface area contributed by atoms with Crippen LogP contribution in [0.4, 0.5) is 0 Å². The van der Waals surface area contributed by atoms with Crippen molar-refractivity contribution in [2.75, 3.05) is 13.7 Å². The monoisotopic (exact) mass is 279 g/mol. The molecule has 0 aliphatic carbocycles. The fourth-order valence-electron chi connectivity index (χ4n) is 1.46. The second-order valence-corrected chi connectivity index (χ2v) is 4.13. The topological polar surface area (TPSA) is 57.1 Å². The van der Waals surface area contributed by atoms with Gasteiger partial charge in [-0.3, -0.25) is 0 Å². The molecule has 0 aliphatic rings. The van der Waals surface area contributed by atoms with Crippen molar-refractivity contribution >= 4 is 11.6 Å². The van der Waals surface area contributed by atoms with Gasteiger partial charge in [-0.2, -0.15) is 15.0 Å². The molecule has 0 amide bonds. The summed E-state index contributed by atoms with van der Waals surface area (Å²) in [5.41, 5.74) is 0.825. The van der Waals surface area contributed by atoms with E-state index in [0.717, 1.165) is 17.7 Å². The second kappa shape index (κ2) is 6.33. The van der Waals surface area contributed by atoms with Crippen LogP contribution in [-0.4, -0.2) is 28.7 Å². The molecule has 1 aromatic carbocycles. The number of benzene rings is 1. The van der Waals surface area contributed by atoms with Crippen LogP contribution in [0.1, 0.15) is 13.3 Å². The molecule has 0 fully saturated rings. The summed E-state index contributed by atoms with van der Waals surface area (Å²) in [4.78, 5) is 12.2. The molecule has 6 heteroatoms.